The predicted octanol–water partition coefficient (Wildman–Crippen LogP) is 5.42. The Kier molecular flexibility index (Phi) is 4.84. The minimum atomic E-state index is -1.60. The summed E-state index contributed by atoms with van der Waals surface area (Å²) in [5.41, 5.74) is -1.28. The third-order valence-corrected chi connectivity index (χ3v) is 12.3. The molecule has 0 spiro atoms. The van der Waals surface area contributed by atoms with E-state index in [-0.39, 0.29) is 39.1 Å². The van der Waals surface area contributed by atoms with E-state index in [1.54, 1.807) is 19.9 Å². The maximum Gasteiger partial charge on any atom is 0.187 e. The van der Waals surface area contributed by atoms with Gasteiger partial charge in [-0.05, 0) is 67.3 Å². The molecule has 0 aliphatic heterocycles. The highest BCUT2D eigenvalue weighted by Crippen LogP contribution is 2.70. The number of fused-ring (bicyclic) bond motifs is 1. The third-order valence-electron chi connectivity index (χ3n) is 12.3. The number of carbonyl (C=O) groups is 2. The molecule has 0 heterocycles. The van der Waals surface area contributed by atoms with E-state index in [2.05, 4.69) is 47.6 Å². The summed E-state index contributed by atoms with van der Waals surface area (Å²) in [6, 6.07) is 0. The molecule has 34 heavy (non-hydrogen) atoms. The van der Waals surface area contributed by atoms with Gasteiger partial charge >= 0.3 is 0 Å². The van der Waals surface area contributed by atoms with Crippen LogP contribution in [-0.2, 0) is 9.59 Å². The van der Waals surface area contributed by atoms with Gasteiger partial charge in [0, 0.05) is 23.7 Å². The molecule has 0 saturated heterocycles. The second kappa shape index (κ2) is 6.73. The maximum absolute atomic E-state index is 14.1. The Morgan fingerprint density at radius 2 is 1.24 bits per heavy atom. The molecule has 4 heteroatoms. The number of aliphatic hydroxyl groups is 2. The average Bonchev–Trinajstić information content (AvgIpc) is 3.16. The van der Waals surface area contributed by atoms with Crippen LogP contribution in [0.25, 0.3) is 0 Å². The van der Waals surface area contributed by atoms with Crippen LogP contribution < -0.4 is 0 Å². The highest BCUT2D eigenvalue weighted by Gasteiger charge is 2.70. The smallest absolute Gasteiger partial charge is 0.187 e. The molecule has 0 radical (unpaired) electrons. The molecule has 4 nitrogen and oxygen atoms in total. The van der Waals surface area contributed by atoms with Crippen molar-refractivity contribution < 1.29 is 19.8 Å². The minimum absolute atomic E-state index is 0.00444. The van der Waals surface area contributed by atoms with Gasteiger partial charge in [-0.3, -0.25) is 9.59 Å². The largest absolute Gasteiger partial charge is 0.382 e. The van der Waals surface area contributed by atoms with Crippen LogP contribution in [0, 0.1) is 45.3 Å². The molecule has 0 aromatic carbocycles. The van der Waals surface area contributed by atoms with Crippen molar-refractivity contribution in [2.75, 3.05) is 0 Å². The third kappa shape index (κ3) is 2.68. The van der Waals surface area contributed by atoms with Crippen LogP contribution in [0.1, 0.15) is 93.9 Å². The minimum Gasteiger partial charge on any atom is -0.382 e. The Balaban J connectivity index is 1.77. The number of ketones is 2. The van der Waals surface area contributed by atoms with Gasteiger partial charge in [0.2, 0.25) is 0 Å². The van der Waals surface area contributed by atoms with Crippen LogP contribution in [0.4, 0.5) is 0 Å². The van der Waals surface area contributed by atoms with Crippen LogP contribution >= 0.6 is 0 Å². The number of allylic oxidation sites excluding steroid dienone is 2. The van der Waals surface area contributed by atoms with Gasteiger partial charge in [-0.2, -0.15) is 0 Å². The van der Waals surface area contributed by atoms with Crippen LogP contribution in [0.15, 0.2) is 23.3 Å². The summed E-state index contributed by atoms with van der Waals surface area (Å²) < 4.78 is 0. The van der Waals surface area contributed by atoms with Gasteiger partial charge in [0.05, 0.1) is 0 Å². The molecule has 2 bridgehead atoms. The highest BCUT2D eigenvalue weighted by molar-refractivity contribution is 6.02. The first-order chi connectivity index (χ1) is 15.4. The zero-order valence-electron chi connectivity index (χ0n) is 22.4. The molecule has 188 valence electrons. The fourth-order valence-corrected chi connectivity index (χ4v) is 9.06. The Morgan fingerprint density at radius 3 is 1.71 bits per heavy atom. The lowest BCUT2D eigenvalue weighted by atomic mass is 9.41. The lowest BCUT2D eigenvalue weighted by Gasteiger charge is -2.63. The van der Waals surface area contributed by atoms with Crippen molar-refractivity contribution >= 4 is 11.6 Å². The van der Waals surface area contributed by atoms with Gasteiger partial charge in [0.1, 0.15) is 11.2 Å². The molecule has 6 aliphatic rings. The number of hydrogen-bond donors (Lipinski definition) is 2. The summed E-state index contributed by atoms with van der Waals surface area (Å²) in [5.74, 6) is -2.20. The Labute approximate surface area is 205 Å². The highest BCUT2D eigenvalue weighted by atomic mass is 16.3. The topological polar surface area (TPSA) is 74.6 Å². The first kappa shape index (κ1) is 24.4. The van der Waals surface area contributed by atoms with Gasteiger partial charge in [-0.1, -0.05) is 71.6 Å². The molecule has 8 atom stereocenters. The van der Waals surface area contributed by atoms with Crippen LogP contribution in [-0.4, -0.2) is 33.0 Å². The molecule has 6 aliphatic carbocycles. The molecular weight excluding hydrogens is 424 g/mol. The summed E-state index contributed by atoms with van der Waals surface area (Å²) in [4.78, 5) is 27.6. The standard InChI is InChI=1S/C30H44O4/c1-25(2)11-9-13-27(25,5)17-15-19-23-21(22(17)24(32)29(19,7)33)18(16-20(31)30(23,8)34)28(6)14-10-12-26(28,3)4/h15-16,19,21-23,33-34H,9-14H2,1-8H3/t19?,21?,22?,23?,27-,28-,29?,30-/m0/s1. The fraction of sp³-hybridized carbons (Fsp3) is 0.800. The summed E-state index contributed by atoms with van der Waals surface area (Å²) in [5, 5.41) is 23.2. The molecular formula is C30H44O4. The van der Waals surface area contributed by atoms with Crippen LogP contribution in [0.3, 0.4) is 0 Å². The molecule has 2 N–H and O–H groups in total. The van der Waals surface area contributed by atoms with E-state index in [1.807, 2.05) is 0 Å². The molecule has 0 amide bonds. The van der Waals surface area contributed by atoms with E-state index in [4.69, 9.17) is 0 Å². The van der Waals surface area contributed by atoms with Gasteiger partial charge in [0.25, 0.3) is 0 Å². The first-order valence-corrected chi connectivity index (χ1v) is 13.4. The zero-order valence-corrected chi connectivity index (χ0v) is 22.4. The van der Waals surface area contributed by atoms with Crippen molar-refractivity contribution in [3.63, 3.8) is 0 Å². The fourth-order valence-electron chi connectivity index (χ4n) is 9.06. The van der Waals surface area contributed by atoms with Crippen LogP contribution in [0.2, 0.25) is 0 Å². The van der Waals surface area contributed by atoms with Gasteiger partial charge in [-0.15, -0.1) is 0 Å². The Bertz CT molecular complexity index is 1020. The predicted molar refractivity (Wildman–Crippen MR) is 133 cm³/mol. The molecule has 0 aromatic heterocycles. The molecule has 5 unspecified atom stereocenters. The molecule has 3 saturated carbocycles. The average molecular weight is 469 g/mol. The van der Waals surface area contributed by atoms with E-state index in [9.17, 15) is 19.8 Å². The summed E-state index contributed by atoms with van der Waals surface area (Å²) in [7, 11) is 0. The Morgan fingerprint density at radius 1 is 0.735 bits per heavy atom. The van der Waals surface area contributed by atoms with Crippen molar-refractivity contribution in [1.82, 2.24) is 0 Å². The summed E-state index contributed by atoms with van der Waals surface area (Å²) >= 11 is 0. The molecule has 3 fully saturated rings. The quantitative estimate of drug-likeness (QED) is 0.531. The number of Topliss-reactive ketones (excluding diaryl/α,β-unsaturated/α-hetero) is 1. The zero-order chi connectivity index (χ0) is 25.3. The van der Waals surface area contributed by atoms with Crippen molar-refractivity contribution in [3.8, 4) is 0 Å². The van der Waals surface area contributed by atoms with E-state index in [0.29, 0.717) is 0 Å². The molecule has 6 rings (SSSR count). The van der Waals surface area contributed by atoms with E-state index >= 15 is 0 Å². The lowest BCUT2D eigenvalue weighted by Crippen LogP contribution is -2.69. The van der Waals surface area contributed by atoms with E-state index in [0.717, 1.165) is 49.7 Å². The monoisotopic (exact) mass is 468 g/mol. The van der Waals surface area contributed by atoms with Crippen molar-refractivity contribution in [1.29, 1.82) is 0 Å². The number of hydrogen-bond acceptors (Lipinski definition) is 4. The van der Waals surface area contributed by atoms with E-state index < -0.39 is 29.0 Å². The second-order valence-electron chi connectivity index (χ2n) is 14.4. The number of rotatable bonds is 2. The van der Waals surface area contributed by atoms with Crippen molar-refractivity contribution in [3.05, 3.63) is 23.3 Å². The van der Waals surface area contributed by atoms with E-state index in [1.165, 1.54) is 0 Å². The second-order valence-corrected chi connectivity index (χ2v) is 14.4. The molecule has 0 aromatic rings. The summed E-state index contributed by atoms with van der Waals surface area (Å²) in [6.45, 7) is 17.0. The van der Waals surface area contributed by atoms with Gasteiger partial charge in [-0.25, -0.2) is 0 Å². The maximum atomic E-state index is 14.1. The lowest BCUT2D eigenvalue weighted by molar-refractivity contribution is -0.181. The first-order valence-electron chi connectivity index (χ1n) is 13.4. The van der Waals surface area contributed by atoms with Crippen LogP contribution in [0.5, 0.6) is 0 Å². The van der Waals surface area contributed by atoms with Gasteiger partial charge in [0.15, 0.2) is 11.6 Å². The normalized spacial score (nSPS) is 51.4. The Hall–Kier alpha value is -1.26. The van der Waals surface area contributed by atoms with Crippen molar-refractivity contribution in [2.24, 2.45) is 45.3 Å². The van der Waals surface area contributed by atoms with Gasteiger partial charge < -0.3 is 10.2 Å². The summed E-state index contributed by atoms with van der Waals surface area (Å²) in [6.07, 6.45) is 10.3. The van der Waals surface area contributed by atoms with Crippen molar-refractivity contribution in [2.45, 2.75) is 105 Å². The SMILES string of the molecule is CC1(O)C(=O)C2C([C@]3(C)CCCC3(C)C)=CC1C1C2C([C@]2(C)CCCC2(C)C)=CC(=O)[C@]1(C)O. The number of carbonyl (C=O) groups excluding carboxylic acids is 2.